The first-order valence-corrected chi connectivity index (χ1v) is 14.0. The highest BCUT2D eigenvalue weighted by Crippen LogP contribution is 2.29. The fraction of sp³-hybridized carbons (Fsp3) is 0.379. The minimum atomic E-state index is -0.755. The molecular weight excluding hydrogens is 562 g/mol. The molecule has 206 valence electrons. The highest BCUT2D eigenvalue weighted by Gasteiger charge is 2.18. The molecule has 0 unspecified atom stereocenters. The second-order valence-corrected chi connectivity index (χ2v) is 10.7. The smallest absolute Gasteiger partial charge is 0.261 e. The average molecular weight is 597 g/mol. The molecule has 1 aliphatic rings. The van der Waals surface area contributed by atoms with Crippen molar-refractivity contribution in [3.05, 3.63) is 74.1 Å². The predicted octanol–water partition coefficient (Wildman–Crippen LogP) is 4.54. The molecule has 5 rings (SSSR count). The summed E-state index contributed by atoms with van der Waals surface area (Å²) in [6, 6.07) is 11.4. The topological polar surface area (TPSA) is 116 Å². The maximum absolute atomic E-state index is 12.9. The zero-order valence-corrected chi connectivity index (χ0v) is 23.8. The summed E-state index contributed by atoms with van der Waals surface area (Å²) in [5.74, 6) is 1.22. The van der Waals surface area contributed by atoms with Crippen LogP contribution in [0.5, 0.6) is 5.75 Å². The lowest BCUT2D eigenvalue weighted by Gasteiger charge is -2.26. The summed E-state index contributed by atoms with van der Waals surface area (Å²) < 4.78 is 12.4. The van der Waals surface area contributed by atoms with Crippen molar-refractivity contribution in [1.82, 2.24) is 19.9 Å². The molecule has 4 aromatic rings. The number of H-pyrrole nitrogens is 2. The van der Waals surface area contributed by atoms with Crippen molar-refractivity contribution in [2.24, 2.45) is 0 Å². The van der Waals surface area contributed by atoms with Gasteiger partial charge in [0.05, 0.1) is 42.6 Å². The summed E-state index contributed by atoms with van der Waals surface area (Å²) >= 11 is 3.52. The highest BCUT2D eigenvalue weighted by molar-refractivity contribution is 9.10. The molecule has 1 aliphatic heterocycles. The van der Waals surface area contributed by atoms with Gasteiger partial charge in [0.15, 0.2) is 0 Å². The number of fused-ring (bicyclic) bond motifs is 1. The minimum Gasteiger partial charge on any atom is -0.493 e. The Balaban J connectivity index is 1.30. The number of pyridine rings is 1. The molecule has 0 radical (unpaired) electrons. The van der Waals surface area contributed by atoms with Crippen molar-refractivity contribution >= 4 is 32.7 Å². The third-order valence-corrected chi connectivity index (χ3v) is 7.86. The van der Waals surface area contributed by atoms with E-state index in [1.165, 1.54) is 0 Å². The predicted molar refractivity (Wildman–Crippen MR) is 157 cm³/mol. The lowest BCUT2D eigenvalue weighted by molar-refractivity contribution is 0.0358. The van der Waals surface area contributed by atoms with Gasteiger partial charge in [-0.25, -0.2) is 4.98 Å². The summed E-state index contributed by atoms with van der Waals surface area (Å²) in [7, 11) is 0. The number of aryl methyl sites for hydroxylation is 2. The van der Waals surface area contributed by atoms with E-state index in [1.807, 2.05) is 44.2 Å². The second-order valence-electron chi connectivity index (χ2n) is 9.88. The Hall–Kier alpha value is -3.18. The maximum atomic E-state index is 12.9. The minimum absolute atomic E-state index is 0.230. The van der Waals surface area contributed by atoms with Gasteiger partial charge in [-0.3, -0.25) is 9.69 Å². The number of hydrogen-bond donors (Lipinski definition) is 4. The summed E-state index contributed by atoms with van der Waals surface area (Å²) in [4.78, 5) is 26.1. The summed E-state index contributed by atoms with van der Waals surface area (Å²) in [6.07, 6.45) is 1.76. The number of morpholine rings is 1. The van der Waals surface area contributed by atoms with Gasteiger partial charge in [-0.1, -0.05) is 28.1 Å². The van der Waals surface area contributed by atoms with E-state index in [-0.39, 0.29) is 12.1 Å². The Bertz CT molecular complexity index is 1500. The number of rotatable bonds is 10. The standard InChI is InChI=1S/C29H34BrN5O4/c1-18-4-5-20(15-22(18)30)25(36)17-32-23-6-7-31-29(37)26(23)28-33-24-16-21(14-19(2)27(24)34-28)39-11-3-8-35-9-12-38-13-10-35/h4-7,14-16,25,36H,3,8-13,17H2,1-2H3,(H,33,34)(H2,31,32,37)/t25-/m1/s1. The Morgan fingerprint density at radius 1 is 1.18 bits per heavy atom. The normalized spacial score (nSPS) is 15.0. The fourth-order valence-corrected chi connectivity index (χ4v) is 5.16. The first-order chi connectivity index (χ1) is 18.9. The lowest BCUT2D eigenvalue weighted by atomic mass is 10.1. The van der Waals surface area contributed by atoms with Gasteiger partial charge >= 0.3 is 0 Å². The van der Waals surface area contributed by atoms with Crippen LogP contribution in [0.2, 0.25) is 0 Å². The number of aromatic nitrogens is 3. The maximum Gasteiger partial charge on any atom is 0.261 e. The molecule has 39 heavy (non-hydrogen) atoms. The third kappa shape index (κ3) is 6.52. The van der Waals surface area contributed by atoms with Crippen LogP contribution in [0.4, 0.5) is 5.69 Å². The van der Waals surface area contributed by atoms with Crippen LogP contribution in [0.25, 0.3) is 22.4 Å². The Morgan fingerprint density at radius 3 is 2.79 bits per heavy atom. The first kappa shape index (κ1) is 27.4. The van der Waals surface area contributed by atoms with Crippen LogP contribution in [-0.4, -0.2) is 71.0 Å². The number of aliphatic hydroxyl groups excluding tert-OH is 1. The largest absolute Gasteiger partial charge is 0.493 e. The molecule has 1 atom stereocenters. The van der Waals surface area contributed by atoms with Crippen molar-refractivity contribution in [3.8, 4) is 17.1 Å². The van der Waals surface area contributed by atoms with Crippen molar-refractivity contribution in [2.45, 2.75) is 26.4 Å². The molecule has 1 fully saturated rings. The molecule has 0 spiro atoms. The molecule has 2 aromatic heterocycles. The molecule has 4 N–H and O–H groups in total. The van der Waals surface area contributed by atoms with Crippen LogP contribution in [0.3, 0.4) is 0 Å². The Morgan fingerprint density at radius 2 is 2.00 bits per heavy atom. The van der Waals surface area contributed by atoms with Gasteiger partial charge in [0.1, 0.15) is 17.1 Å². The van der Waals surface area contributed by atoms with E-state index in [9.17, 15) is 9.90 Å². The molecule has 0 bridgehead atoms. The third-order valence-electron chi connectivity index (χ3n) is 7.01. The average Bonchev–Trinajstić information content (AvgIpc) is 3.36. The zero-order chi connectivity index (χ0) is 27.4. The lowest BCUT2D eigenvalue weighted by Crippen LogP contribution is -2.37. The van der Waals surface area contributed by atoms with Gasteiger partial charge in [-0.15, -0.1) is 0 Å². The molecule has 0 aliphatic carbocycles. The number of aliphatic hydroxyl groups is 1. The second kappa shape index (κ2) is 12.3. The van der Waals surface area contributed by atoms with E-state index in [0.717, 1.165) is 77.2 Å². The van der Waals surface area contributed by atoms with Crippen LogP contribution in [0, 0.1) is 13.8 Å². The molecular formula is C29H34BrN5O4. The molecule has 9 nitrogen and oxygen atoms in total. The Kier molecular flexibility index (Phi) is 8.66. The van der Waals surface area contributed by atoms with Crippen LogP contribution >= 0.6 is 15.9 Å². The van der Waals surface area contributed by atoms with Crippen LogP contribution in [0.15, 0.2) is 51.9 Å². The number of halogens is 1. The molecule has 2 aromatic carbocycles. The first-order valence-electron chi connectivity index (χ1n) is 13.2. The Labute approximate surface area is 235 Å². The van der Waals surface area contributed by atoms with E-state index in [0.29, 0.717) is 23.7 Å². The van der Waals surface area contributed by atoms with E-state index < -0.39 is 6.10 Å². The number of nitrogens with one attached hydrogen (secondary N) is 3. The van der Waals surface area contributed by atoms with Gasteiger partial charge in [0.25, 0.3) is 5.56 Å². The SMILES string of the molecule is Cc1ccc([C@H](O)CNc2cc[nH]c(=O)c2-c2nc3c(C)cc(OCCCN4CCOCC4)cc3[nH]2)cc1Br. The number of aromatic amines is 2. The van der Waals surface area contributed by atoms with Crippen molar-refractivity contribution in [2.75, 3.05) is 51.3 Å². The van der Waals surface area contributed by atoms with Gasteiger partial charge in [0, 0.05) is 42.9 Å². The van der Waals surface area contributed by atoms with Gasteiger partial charge < -0.3 is 29.9 Å². The van der Waals surface area contributed by atoms with Crippen molar-refractivity contribution < 1.29 is 14.6 Å². The quantitative estimate of drug-likeness (QED) is 0.199. The van der Waals surface area contributed by atoms with E-state index in [2.05, 4.69) is 36.1 Å². The van der Waals surface area contributed by atoms with Gasteiger partial charge in [-0.2, -0.15) is 0 Å². The zero-order valence-electron chi connectivity index (χ0n) is 22.2. The number of benzene rings is 2. The highest BCUT2D eigenvalue weighted by atomic mass is 79.9. The fourth-order valence-electron chi connectivity index (χ4n) is 4.76. The van der Waals surface area contributed by atoms with Gasteiger partial charge in [-0.05, 0) is 55.2 Å². The van der Waals surface area contributed by atoms with E-state index in [1.54, 1.807) is 12.3 Å². The number of anilines is 1. The van der Waals surface area contributed by atoms with Crippen molar-refractivity contribution in [1.29, 1.82) is 0 Å². The number of nitrogens with zero attached hydrogens (tertiary/aromatic N) is 2. The summed E-state index contributed by atoms with van der Waals surface area (Å²) in [6.45, 7) is 9.36. The molecule has 3 heterocycles. The van der Waals surface area contributed by atoms with Crippen LogP contribution in [0.1, 0.15) is 29.2 Å². The monoisotopic (exact) mass is 595 g/mol. The number of ether oxygens (including phenoxy) is 2. The van der Waals surface area contributed by atoms with Crippen LogP contribution in [-0.2, 0) is 4.74 Å². The number of imidazole rings is 1. The molecule has 10 heteroatoms. The number of hydrogen-bond acceptors (Lipinski definition) is 7. The van der Waals surface area contributed by atoms with Crippen LogP contribution < -0.4 is 15.6 Å². The summed E-state index contributed by atoms with van der Waals surface area (Å²) in [5.41, 5.74) is 5.11. The molecule has 0 amide bonds. The molecule has 1 saturated heterocycles. The van der Waals surface area contributed by atoms with Gasteiger partial charge in [0.2, 0.25) is 0 Å². The molecule has 0 saturated carbocycles. The summed E-state index contributed by atoms with van der Waals surface area (Å²) in [5, 5.41) is 14.0. The van der Waals surface area contributed by atoms with Crippen molar-refractivity contribution in [3.63, 3.8) is 0 Å². The van der Waals surface area contributed by atoms with E-state index >= 15 is 0 Å². The van der Waals surface area contributed by atoms with E-state index in [4.69, 9.17) is 14.5 Å².